The van der Waals surface area contributed by atoms with Gasteiger partial charge >= 0.3 is 0 Å². The maximum Gasteiger partial charge on any atom is 0.0659 e. The van der Waals surface area contributed by atoms with E-state index in [1.807, 2.05) is 11.3 Å². The van der Waals surface area contributed by atoms with Gasteiger partial charge in [-0.15, -0.1) is 11.3 Å². The van der Waals surface area contributed by atoms with Crippen LogP contribution in [-0.2, 0) is 6.42 Å². The summed E-state index contributed by atoms with van der Waals surface area (Å²) in [4.78, 5) is 1.67. The lowest BCUT2D eigenvalue weighted by atomic mass is 9.93. The lowest BCUT2D eigenvalue weighted by Gasteiger charge is -2.25. The Labute approximate surface area is 132 Å². The third-order valence-corrected chi connectivity index (χ3v) is 8.18. The molecule has 0 spiro atoms. The van der Waals surface area contributed by atoms with E-state index in [9.17, 15) is 0 Å². The van der Waals surface area contributed by atoms with Gasteiger partial charge in [0.05, 0.1) is 2.88 Å². The molecular weight excluding hydrogens is 365 g/mol. The van der Waals surface area contributed by atoms with Crippen LogP contribution in [0.1, 0.15) is 48.6 Å². The average Bonchev–Trinajstić information content (AvgIpc) is 2.80. The summed E-state index contributed by atoms with van der Waals surface area (Å²) in [5, 5.41) is 4.07. The van der Waals surface area contributed by atoms with Gasteiger partial charge in [-0.2, -0.15) is 0 Å². The molecule has 3 heteroatoms. The van der Waals surface area contributed by atoms with Crippen LogP contribution in [0.4, 0.5) is 0 Å². The predicted octanol–water partition coefficient (Wildman–Crippen LogP) is 4.36. The highest BCUT2D eigenvalue weighted by Crippen LogP contribution is 2.66. The molecule has 0 saturated heterocycles. The Bertz CT molecular complexity index is 509. The van der Waals surface area contributed by atoms with E-state index in [2.05, 4.69) is 34.0 Å². The molecular formula is C16H20INS. The number of aryl methyl sites for hydroxylation is 1. The van der Waals surface area contributed by atoms with Crippen LogP contribution in [0.5, 0.6) is 0 Å². The largest absolute Gasteiger partial charge is 0.307 e. The summed E-state index contributed by atoms with van der Waals surface area (Å²) in [6.07, 6.45) is 8.72. The van der Waals surface area contributed by atoms with Crippen LogP contribution >= 0.6 is 33.9 Å². The van der Waals surface area contributed by atoms with Crippen molar-refractivity contribution in [2.45, 2.75) is 50.6 Å². The minimum atomic E-state index is 0.679. The molecule has 5 atom stereocenters. The van der Waals surface area contributed by atoms with Crippen molar-refractivity contribution in [1.82, 2.24) is 5.32 Å². The van der Waals surface area contributed by atoms with Crippen LogP contribution in [0.15, 0.2) is 6.07 Å². The zero-order chi connectivity index (χ0) is 12.6. The van der Waals surface area contributed by atoms with Gasteiger partial charge in [0.1, 0.15) is 0 Å². The average molecular weight is 385 g/mol. The topological polar surface area (TPSA) is 12.0 Å². The Kier molecular flexibility index (Phi) is 2.65. The van der Waals surface area contributed by atoms with Gasteiger partial charge in [0.2, 0.25) is 0 Å². The maximum absolute atomic E-state index is 4.07. The summed E-state index contributed by atoms with van der Waals surface area (Å²) in [5.41, 5.74) is 1.65. The number of halogens is 1. The molecule has 0 amide bonds. The molecule has 4 aliphatic carbocycles. The molecule has 1 N–H and O–H groups in total. The lowest BCUT2D eigenvalue weighted by Crippen LogP contribution is -2.29. The predicted molar refractivity (Wildman–Crippen MR) is 87.4 cm³/mol. The van der Waals surface area contributed by atoms with Gasteiger partial charge in [0.25, 0.3) is 0 Å². The van der Waals surface area contributed by atoms with Crippen molar-refractivity contribution in [3.05, 3.63) is 19.4 Å². The molecule has 1 aromatic rings. The van der Waals surface area contributed by atoms with Crippen molar-refractivity contribution in [2.75, 3.05) is 0 Å². The highest BCUT2D eigenvalue weighted by molar-refractivity contribution is 14.1. The van der Waals surface area contributed by atoms with Crippen molar-refractivity contribution < 1.29 is 0 Å². The van der Waals surface area contributed by atoms with Gasteiger partial charge in [0, 0.05) is 17.0 Å². The first-order valence-electron chi connectivity index (χ1n) is 7.85. The maximum atomic E-state index is 4.07. The van der Waals surface area contributed by atoms with Gasteiger partial charge in [-0.25, -0.2) is 0 Å². The third kappa shape index (κ3) is 1.73. The van der Waals surface area contributed by atoms with Gasteiger partial charge in [-0.05, 0) is 96.4 Å². The van der Waals surface area contributed by atoms with Crippen LogP contribution in [0, 0.1) is 26.6 Å². The minimum Gasteiger partial charge on any atom is -0.307 e. The quantitative estimate of drug-likeness (QED) is 0.746. The summed E-state index contributed by atoms with van der Waals surface area (Å²) in [6, 6.07) is 4.02. The first-order valence-corrected chi connectivity index (χ1v) is 9.75. The number of nitrogens with one attached hydrogen (secondary N) is 1. The number of rotatable bonds is 2. The van der Waals surface area contributed by atoms with E-state index in [4.69, 9.17) is 0 Å². The first-order chi connectivity index (χ1) is 9.31. The lowest BCUT2D eigenvalue weighted by molar-refractivity contribution is 0.394. The van der Waals surface area contributed by atoms with Crippen LogP contribution in [-0.4, -0.2) is 6.04 Å². The standard InChI is InChI=1S/C16H20INS/c17-13-7-10-11(2-1-3-12(10)19-13)18-16-14-8-4-5-9(6-8)15(14)16/h7-9,11,14-16,18H,1-6H2. The van der Waals surface area contributed by atoms with Crippen molar-refractivity contribution in [1.29, 1.82) is 0 Å². The zero-order valence-corrected chi connectivity index (χ0v) is 14.0. The van der Waals surface area contributed by atoms with E-state index in [1.54, 1.807) is 16.9 Å². The van der Waals surface area contributed by atoms with Gasteiger partial charge in [0.15, 0.2) is 0 Å². The second-order valence-corrected chi connectivity index (χ2v) is 10.1. The number of hydrogen-bond donors (Lipinski definition) is 1. The van der Waals surface area contributed by atoms with Crippen molar-refractivity contribution >= 4 is 33.9 Å². The normalized spacial score (nSPS) is 46.2. The van der Waals surface area contributed by atoms with E-state index in [0.717, 1.165) is 29.7 Å². The smallest absolute Gasteiger partial charge is 0.0659 e. The fraction of sp³-hybridized carbons (Fsp3) is 0.750. The third-order valence-electron chi connectivity index (χ3n) is 6.21. The molecule has 0 radical (unpaired) electrons. The van der Waals surface area contributed by atoms with Gasteiger partial charge in [-0.1, -0.05) is 0 Å². The Morgan fingerprint density at radius 3 is 2.74 bits per heavy atom. The number of fused-ring (bicyclic) bond motifs is 6. The van der Waals surface area contributed by atoms with E-state index >= 15 is 0 Å². The fourth-order valence-corrected chi connectivity index (χ4v) is 7.59. The monoisotopic (exact) mass is 385 g/mol. The van der Waals surface area contributed by atoms with E-state index in [1.165, 1.54) is 35.0 Å². The summed E-state index contributed by atoms with van der Waals surface area (Å²) in [7, 11) is 0. The SMILES string of the molecule is Ic1cc2c(s1)CCCC2NC1C2C3CCC(C3)C12. The Morgan fingerprint density at radius 1 is 1.16 bits per heavy atom. The van der Waals surface area contributed by atoms with Crippen molar-refractivity contribution in [3.8, 4) is 0 Å². The van der Waals surface area contributed by atoms with Gasteiger partial charge < -0.3 is 5.32 Å². The molecule has 3 fully saturated rings. The van der Waals surface area contributed by atoms with Crippen molar-refractivity contribution in [3.63, 3.8) is 0 Å². The van der Waals surface area contributed by atoms with E-state index in [-0.39, 0.29) is 0 Å². The molecule has 4 aliphatic rings. The minimum absolute atomic E-state index is 0.679. The van der Waals surface area contributed by atoms with Crippen LogP contribution in [0.25, 0.3) is 0 Å². The number of thiophene rings is 1. The fourth-order valence-electron chi connectivity index (χ4n) is 5.47. The van der Waals surface area contributed by atoms with Crippen LogP contribution in [0.2, 0.25) is 0 Å². The van der Waals surface area contributed by atoms with Gasteiger partial charge in [-0.3, -0.25) is 0 Å². The molecule has 1 aromatic heterocycles. The summed E-state index contributed by atoms with van der Waals surface area (Å²) < 4.78 is 1.48. The number of hydrogen-bond acceptors (Lipinski definition) is 2. The molecule has 19 heavy (non-hydrogen) atoms. The second kappa shape index (κ2) is 4.20. The van der Waals surface area contributed by atoms with E-state index < -0.39 is 0 Å². The van der Waals surface area contributed by atoms with Crippen molar-refractivity contribution in [2.24, 2.45) is 23.7 Å². The summed E-state index contributed by atoms with van der Waals surface area (Å²) >= 11 is 4.52. The Balaban J connectivity index is 1.36. The van der Waals surface area contributed by atoms with E-state index in [0.29, 0.717) is 6.04 Å². The highest BCUT2D eigenvalue weighted by atomic mass is 127. The molecule has 0 aliphatic heterocycles. The second-order valence-electron chi connectivity index (χ2n) is 7.05. The Morgan fingerprint density at radius 2 is 1.95 bits per heavy atom. The zero-order valence-electron chi connectivity index (χ0n) is 11.1. The molecule has 3 saturated carbocycles. The molecule has 5 rings (SSSR count). The van der Waals surface area contributed by atoms with Crippen LogP contribution < -0.4 is 5.32 Å². The molecule has 102 valence electrons. The molecule has 1 nitrogen and oxygen atoms in total. The summed E-state index contributed by atoms with van der Waals surface area (Å²) in [6.45, 7) is 0. The highest BCUT2D eigenvalue weighted by Gasteiger charge is 2.65. The Hall–Kier alpha value is 0.390. The molecule has 1 heterocycles. The molecule has 0 aromatic carbocycles. The molecule has 2 bridgehead atoms. The first kappa shape index (κ1) is 12.0. The molecule has 5 unspecified atom stereocenters. The summed E-state index contributed by atoms with van der Waals surface area (Å²) in [5.74, 6) is 4.33. The van der Waals surface area contributed by atoms with Crippen LogP contribution in [0.3, 0.4) is 0 Å².